The first kappa shape index (κ1) is 24.8. The number of rotatable bonds is 9. The average Bonchev–Trinajstić information content (AvgIpc) is 2.69. The monoisotopic (exact) mass is 430 g/mol. The Morgan fingerprint density at radius 3 is 2.28 bits per heavy atom. The van der Waals surface area contributed by atoms with Crippen molar-refractivity contribution in [1.29, 1.82) is 0 Å². The molecule has 29 heavy (non-hydrogen) atoms. The molecule has 160 valence electrons. The van der Waals surface area contributed by atoms with Gasteiger partial charge in [-0.15, -0.1) is 12.4 Å². The standard InChI is InChI=1S/C21H25F3N2O2.ClH/c1-26(20(27)8-5-14-25)15-13-19(16-6-3-2-4-7-16)28-18-11-9-17(10-12-18)21(22,23)24;/h2-4,6-7,9-12,19H,5,8,13-15,25H2,1H3;1H. The second-order valence-corrected chi connectivity index (χ2v) is 6.54. The molecule has 0 aliphatic carbocycles. The molecule has 0 fully saturated rings. The van der Waals surface area contributed by atoms with Crippen molar-refractivity contribution < 1.29 is 22.7 Å². The Balaban J connectivity index is 0.00000420. The molecule has 8 heteroatoms. The third kappa shape index (κ3) is 7.95. The largest absolute Gasteiger partial charge is 0.486 e. The molecule has 0 saturated heterocycles. The highest BCUT2D eigenvalue weighted by Crippen LogP contribution is 2.32. The molecule has 0 heterocycles. The molecular formula is C21H26ClF3N2O2. The summed E-state index contributed by atoms with van der Waals surface area (Å²) >= 11 is 0. The highest BCUT2D eigenvalue weighted by molar-refractivity contribution is 5.85. The van der Waals surface area contributed by atoms with Gasteiger partial charge in [-0.3, -0.25) is 4.79 Å². The number of nitrogens with zero attached hydrogens (tertiary/aromatic N) is 1. The number of carbonyl (C=O) groups excluding carboxylic acids is 1. The SMILES string of the molecule is CN(CCC(Oc1ccc(C(F)(F)F)cc1)c1ccccc1)C(=O)CCCN.Cl. The summed E-state index contributed by atoms with van der Waals surface area (Å²) in [7, 11) is 1.72. The molecule has 0 aliphatic rings. The predicted molar refractivity (Wildman–Crippen MR) is 109 cm³/mol. The fourth-order valence-electron chi connectivity index (χ4n) is 2.73. The quantitative estimate of drug-likeness (QED) is 0.619. The van der Waals surface area contributed by atoms with E-state index >= 15 is 0 Å². The third-order valence-electron chi connectivity index (χ3n) is 4.38. The molecule has 1 amide bonds. The lowest BCUT2D eigenvalue weighted by Crippen LogP contribution is -2.29. The highest BCUT2D eigenvalue weighted by atomic mass is 35.5. The fraction of sp³-hybridized carbons (Fsp3) is 0.381. The predicted octanol–water partition coefficient (Wildman–Crippen LogP) is 4.83. The van der Waals surface area contributed by atoms with Crippen LogP contribution in [0.15, 0.2) is 54.6 Å². The van der Waals surface area contributed by atoms with E-state index in [2.05, 4.69) is 0 Å². The minimum Gasteiger partial charge on any atom is -0.486 e. The maximum absolute atomic E-state index is 12.7. The number of halogens is 4. The van der Waals surface area contributed by atoms with Gasteiger partial charge in [0.05, 0.1) is 5.56 Å². The number of alkyl halides is 3. The lowest BCUT2D eigenvalue weighted by Gasteiger charge is -2.23. The summed E-state index contributed by atoms with van der Waals surface area (Å²) in [6.07, 6.45) is -3.24. The van der Waals surface area contributed by atoms with Crippen molar-refractivity contribution in [3.8, 4) is 5.75 Å². The molecule has 2 rings (SSSR count). The zero-order valence-corrected chi connectivity index (χ0v) is 17.0. The van der Waals surface area contributed by atoms with E-state index in [0.29, 0.717) is 38.1 Å². The van der Waals surface area contributed by atoms with Crippen LogP contribution in [0.2, 0.25) is 0 Å². The van der Waals surface area contributed by atoms with Crippen LogP contribution < -0.4 is 10.5 Å². The summed E-state index contributed by atoms with van der Waals surface area (Å²) in [5.41, 5.74) is 5.61. The zero-order valence-electron chi connectivity index (χ0n) is 16.2. The minimum atomic E-state index is -4.38. The molecule has 0 saturated carbocycles. The van der Waals surface area contributed by atoms with Crippen LogP contribution in [0.25, 0.3) is 0 Å². The van der Waals surface area contributed by atoms with Crippen LogP contribution in [0.5, 0.6) is 5.75 Å². The van der Waals surface area contributed by atoms with Gasteiger partial charge in [-0.05, 0) is 42.8 Å². The van der Waals surface area contributed by atoms with Crippen molar-refractivity contribution in [1.82, 2.24) is 4.90 Å². The van der Waals surface area contributed by atoms with E-state index in [0.717, 1.165) is 17.7 Å². The van der Waals surface area contributed by atoms with Crippen LogP contribution in [-0.4, -0.2) is 30.9 Å². The van der Waals surface area contributed by atoms with Crippen LogP contribution in [0.4, 0.5) is 13.2 Å². The number of ether oxygens (including phenoxy) is 1. The molecule has 4 nitrogen and oxygen atoms in total. The van der Waals surface area contributed by atoms with E-state index in [1.807, 2.05) is 30.3 Å². The van der Waals surface area contributed by atoms with E-state index in [1.165, 1.54) is 12.1 Å². The Morgan fingerprint density at radius 2 is 1.72 bits per heavy atom. The number of amides is 1. The van der Waals surface area contributed by atoms with E-state index in [9.17, 15) is 18.0 Å². The number of hydrogen-bond acceptors (Lipinski definition) is 3. The average molecular weight is 431 g/mol. The molecule has 1 unspecified atom stereocenters. The Hall–Kier alpha value is -2.25. The summed E-state index contributed by atoms with van der Waals surface area (Å²) in [5, 5.41) is 0. The Bertz CT molecular complexity index is 740. The topological polar surface area (TPSA) is 55.6 Å². The van der Waals surface area contributed by atoms with Crippen LogP contribution >= 0.6 is 12.4 Å². The molecular weight excluding hydrogens is 405 g/mol. The molecule has 2 aromatic carbocycles. The van der Waals surface area contributed by atoms with Crippen molar-refractivity contribution in [2.45, 2.75) is 31.5 Å². The zero-order chi connectivity index (χ0) is 20.6. The molecule has 0 aliphatic heterocycles. The van der Waals surface area contributed by atoms with Gasteiger partial charge in [0.15, 0.2) is 0 Å². The fourth-order valence-corrected chi connectivity index (χ4v) is 2.73. The molecule has 0 bridgehead atoms. The smallest absolute Gasteiger partial charge is 0.416 e. The maximum atomic E-state index is 12.7. The molecule has 0 aromatic heterocycles. The van der Waals surface area contributed by atoms with Gasteiger partial charge in [0.1, 0.15) is 11.9 Å². The van der Waals surface area contributed by atoms with Gasteiger partial charge >= 0.3 is 6.18 Å². The number of nitrogens with two attached hydrogens (primary N) is 1. The minimum absolute atomic E-state index is 0. The van der Waals surface area contributed by atoms with E-state index < -0.39 is 11.7 Å². The third-order valence-corrected chi connectivity index (χ3v) is 4.38. The molecule has 0 radical (unpaired) electrons. The van der Waals surface area contributed by atoms with Crippen LogP contribution in [0.3, 0.4) is 0 Å². The second kappa shape index (κ2) is 11.7. The van der Waals surface area contributed by atoms with Gasteiger partial charge in [-0.2, -0.15) is 13.2 Å². The summed E-state index contributed by atoms with van der Waals surface area (Å²) in [5.74, 6) is 0.353. The van der Waals surface area contributed by atoms with Crippen LogP contribution in [0.1, 0.15) is 36.5 Å². The van der Waals surface area contributed by atoms with Crippen molar-refractivity contribution in [2.75, 3.05) is 20.1 Å². The van der Waals surface area contributed by atoms with Gasteiger partial charge in [0, 0.05) is 26.4 Å². The van der Waals surface area contributed by atoms with Crippen molar-refractivity contribution in [3.05, 3.63) is 65.7 Å². The van der Waals surface area contributed by atoms with Crippen molar-refractivity contribution in [2.24, 2.45) is 5.73 Å². The molecule has 0 spiro atoms. The van der Waals surface area contributed by atoms with Gasteiger partial charge in [-0.25, -0.2) is 0 Å². The summed E-state index contributed by atoms with van der Waals surface area (Å²) < 4.78 is 44.2. The number of hydrogen-bond donors (Lipinski definition) is 1. The van der Waals surface area contributed by atoms with Gasteiger partial charge in [-0.1, -0.05) is 30.3 Å². The highest BCUT2D eigenvalue weighted by Gasteiger charge is 2.30. The van der Waals surface area contributed by atoms with Crippen LogP contribution in [0, 0.1) is 0 Å². The molecule has 2 N–H and O–H groups in total. The molecule has 1 atom stereocenters. The lowest BCUT2D eigenvalue weighted by atomic mass is 10.1. The van der Waals surface area contributed by atoms with Crippen molar-refractivity contribution in [3.63, 3.8) is 0 Å². The lowest BCUT2D eigenvalue weighted by molar-refractivity contribution is -0.137. The van der Waals surface area contributed by atoms with Crippen molar-refractivity contribution >= 4 is 18.3 Å². The Morgan fingerprint density at radius 1 is 1.10 bits per heavy atom. The molecule has 2 aromatic rings. The maximum Gasteiger partial charge on any atom is 0.416 e. The van der Waals surface area contributed by atoms with Gasteiger partial charge in [0.2, 0.25) is 5.91 Å². The first-order valence-electron chi connectivity index (χ1n) is 9.14. The number of carbonyl (C=O) groups is 1. The summed E-state index contributed by atoms with van der Waals surface area (Å²) in [4.78, 5) is 13.7. The van der Waals surface area contributed by atoms with Gasteiger partial charge in [0.25, 0.3) is 0 Å². The Kier molecular flexibility index (Phi) is 9.98. The first-order chi connectivity index (χ1) is 13.3. The second-order valence-electron chi connectivity index (χ2n) is 6.54. The Labute approximate surface area is 175 Å². The summed E-state index contributed by atoms with van der Waals surface area (Å²) in [6.45, 7) is 0.923. The van der Waals surface area contributed by atoms with E-state index in [1.54, 1.807) is 11.9 Å². The van der Waals surface area contributed by atoms with E-state index in [-0.39, 0.29) is 24.4 Å². The van der Waals surface area contributed by atoms with Gasteiger partial charge < -0.3 is 15.4 Å². The van der Waals surface area contributed by atoms with E-state index in [4.69, 9.17) is 10.5 Å². The first-order valence-corrected chi connectivity index (χ1v) is 9.14. The summed E-state index contributed by atoms with van der Waals surface area (Å²) in [6, 6.07) is 14.0. The normalized spacial score (nSPS) is 12.0. The van der Waals surface area contributed by atoms with Crippen LogP contribution in [-0.2, 0) is 11.0 Å². The number of benzene rings is 2.